The Morgan fingerprint density at radius 2 is 2.19 bits per heavy atom. The van der Waals surface area contributed by atoms with E-state index >= 15 is 0 Å². The highest BCUT2D eigenvalue weighted by Gasteiger charge is 2.04. The van der Waals surface area contributed by atoms with Crippen molar-refractivity contribution < 1.29 is 9.53 Å². The molecule has 0 aliphatic rings. The normalized spacial score (nSPS) is 9.75. The van der Waals surface area contributed by atoms with Crippen molar-refractivity contribution in [2.45, 2.75) is 6.61 Å². The maximum Gasteiger partial charge on any atom is 0.413 e. The number of amides is 1. The van der Waals surface area contributed by atoms with E-state index in [0.29, 0.717) is 5.82 Å². The summed E-state index contributed by atoms with van der Waals surface area (Å²) >= 11 is 0. The van der Waals surface area contributed by atoms with E-state index in [9.17, 15) is 4.79 Å². The molecule has 0 bridgehead atoms. The van der Waals surface area contributed by atoms with Crippen molar-refractivity contribution in [1.29, 1.82) is 0 Å². The number of aromatic amines is 1. The van der Waals surface area contributed by atoms with E-state index < -0.39 is 6.09 Å². The number of hydrogen-bond donors (Lipinski definition) is 2. The summed E-state index contributed by atoms with van der Waals surface area (Å²) in [7, 11) is 0. The Balaban J connectivity index is 1.80. The third-order valence-corrected chi connectivity index (χ3v) is 1.86. The number of nitrogens with zero attached hydrogens (tertiary/aromatic N) is 2. The molecule has 2 rings (SSSR count). The zero-order valence-electron chi connectivity index (χ0n) is 8.38. The van der Waals surface area contributed by atoms with E-state index in [1.54, 1.807) is 0 Å². The number of benzene rings is 1. The molecule has 1 amide bonds. The van der Waals surface area contributed by atoms with Gasteiger partial charge in [0.05, 0.1) is 6.20 Å². The maximum absolute atomic E-state index is 11.3. The number of ether oxygens (including phenoxy) is 1. The van der Waals surface area contributed by atoms with Crippen LogP contribution < -0.4 is 5.32 Å². The summed E-state index contributed by atoms with van der Waals surface area (Å²) in [4.78, 5) is 11.3. The van der Waals surface area contributed by atoms with E-state index in [-0.39, 0.29) is 6.61 Å². The molecule has 0 atom stereocenters. The highest BCUT2D eigenvalue weighted by molar-refractivity contribution is 5.82. The molecule has 16 heavy (non-hydrogen) atoms. The van der Waals surface area contributed by atoms with Crippen molar-refractivity contribution in [3.8, 4) is 0 Å². The second-order valence-electron chi connectivity index (χ2n) is 3.04. The summed E-state index contributed by atoms with van der Waals surface area (Å²) in [5, 5.41) is 12.0. The fourth-order valence-corrected chi connectivity index (χ4v) is 1.13. The van der Waals surface area contributed by atoms with Gasteiger partial charge < -0.3 is 4.74 Å². The molecule has 0 radical (unpaired) electrons. The Bertz CT molecular complexity index is 441. The smallest absolute Gasteiger partial charge is 0.413 e. The predicted molar refractivity (Wildman–Crippen MR) is 56.6 cm³/mol. The summed E-state index contributed by atoms with van der Waals surface area (Å²) < 4.78 is 4.97. The van der Waals surface area contributed by atoms with Crippen LogP contribution >= 0.6 is 0 Å². The Hall–Kier alpha value is -2.37. The summed E-state index contributed by atoms with van der Waals surface area (Å²) in [6.45, 7) is 0.227. The number of anilines is 1. The van der Waals surface area contributed by atoms with Crippen molar-refractivity contribution >= 4 is 11.9 Å². The lowest BCUT2D eigenvalue weighted by molar-refractivity contribution is 0.155. The molecule has 2 N–H and O–H groups in total. The fourth-order valence-electron chi connectivity index (χ4n) is 1.13. The largest absolute Gasteiger partial charge is 0.444 e. The van der Waals surface area contributed by atoms with Crippen LogP contribution in [0.25, 0.3) is 0 Å². The highest BCUT2D eigenvalue weighted by atomic mass is 16.5. The number of hydrogen-bond acceptors (Lipinski definition) is 4. The Labute approximate surface area is 91.6 Å². The van der Waals surface area contributed by atoms with Crippen molar-refractivity contribution in [2.75, 3.05) is 5.32 Å². The number of carbonyl (C=O) groups excluding carboxylic acids is 1. The number of H-pyrrole nitrogens is 1. The van der Waals surface area contributed by atoms with Gasteiger partial charge >= 0.3 is 6.09 Å². The first-order valence-electron chi connectivity index (χ1n) is 4.68. The van der Waals surface area contributed by atoms with Gasteiger partial charge in [0.25, 0.3) is 0 Å². The van der Waals surface area contributed by atoms with Gasteiger partial charge in [0, 0.05) is 0 Å². The average molecular weight is 218 g/mol. The van der Waals surface area contributed by atoms with Crippen LogP contribution in [0.3, 0.4) is 0 Å². The van der Waals surface area contributed by atoms with Crippen LogP contribution in [0.2, 0.25) is 0 Å². The third kappa shape index (κ3) is 2.81. The molecule has 0 saturated heterocycles. The van der Waals surface area contributed by atoms with Gasteiger partial charge in [-0.25, -0.2) is 4.79 Å². The van der Waals surface area contributed by atoms with Crippen LogP contribution in [0.4, 0.5) is 10.6 Å². The quantitative estimate of drug-likeness (QED) is 0.819. The molecular formula is C10H10N4O2. The van der Waals surface area contributed by atoms with Crippen LogP contribution in [0.1, 0.15) is 5.56 Å². The summed E-state index contributed by atoms with van der Waals surface area (Å²) in [6, 6.07) is 9.42. The van der Waals surface area contributed by atoms with E-state index in [0.717, 1.165) is 5.56 Å². The molecular weight excluding hydrogens is 208 g/mol. The first-order chi connectivity index (χ1) is 7.84. The molecule has 2 aromatic rings. The highest BCUT2D eigenvalue weighted by Crippen LogP contribution is 2.02. The molecule has 6 heteroatoms. The van der Waals surface area contributed by atoms with Gasteiger partial charge in [-0.3, -0.25) is 5.32 Å². The Morgan fingerprint density at radius 3 is 2.88 bits per heavy atom. The van der Waals surface area contributed by atoms with Gasteiger partial charge in [-0.2, -0.15) is 10.3 Å². The van der Waals surface area contributed by atoms with Crippen LogP contribution in [0.15, 0.2) is 36.5 Å². The fraction of sp³-hybridized carbons (Fsp3) is 0.100. The zero-order valence-corrected chi connectivity index (χ0v) is 8.38. The van der Waals surface area contributed by atoms with Crippen molar-refractivity contribution in [2.24, 2.45) is 0 Å². The Kier molecular flexibility index (Phi) is 3.12. The van der Waals surface area contributed by atoms with Crippen LogP contribution in [0.5, 0.6) is 0 Å². The van der Waals surface area contributed by atoms with Crippen LogP contribution in [-0.2, 0) is 11.3 Å². The molecule has 0 aliphatic carbocycles. The van der Waals surface area contributed by atoms with Gasteiger partial charge in [0.2, 0.25) is 0 Å². The molecule has 0 unspecified atom stereocenters. The van der Waals surface area contributed by atoms with Gasteiger partial charge in [-0.1, -0.05) is 30.3 Å². The minimum absolute atomic E-state index is 0.227. The van der Waals surface area contributed by atoms with Crippen molar-refractivity contribution in [3.05, 3.63) is 42.1 Å². The molecule has 0 aliphatic heterocycles. The van der Waals surface area contributed by atoms with Crippen LogP contribution in [-0.4, -0.2) is 21.5 Å². The lowest BCUT2D eigenvalue weighted by atomic mass is 10.2. The van der Waals surface area contributed by atoms with Gasteiger partial charge in [-0.05, 0) is 5.56 Å². The molecule has 0 fully saturated rings. The maximum atomic E-state index is 11.3. The number of rotatable bonds is 3. The SMILES string of the molecule is O=C(Nc1cn[nH]n1)OCc1ccccc1. The summed E-state index contributed by atoms with van der Waals surface area (Å²) in [6.07, 6.45) is 0.835. The third-order valence-electron chi connectivity index (χ3n) is 1.86. The monoisotopic (exact) mass is 218 g/mol. The van der Waals surface area contributed by atoms with E-state index in [2.05, 4.69) is 20.7 Å². The lowest BCUT2D eigenvalue weighted by Gasteiger charge is -2.04. The molecule has 0 saturated carbocycles. The van der Waals surface area contributed by atoms with Crippen LogP contribution in [0, 0.1) is 0 Å². The standard InChI is InChI=1S/C10H10N4O2/c15-10(12-9-6-11-14-13-9)16-7-8-4-2-1-3-5-8/h1-6H,7H2,(H2,11,12,13,14,15). The van der Waals surface area contributed by atoms with Gasteiger partial charge in [-0.15, -0.1) is 5.10 Å². The number of nitrogens with one attached hydrogen (secondary N) is 2. The van der Waals surface area contributed by atoms with E-state index in [4.69, 9.17) is 4.74 Å². The first kappa shape index (κ1) is 10.2. The minimum atomic E-state index is -0.558. The van der Waals surface area contributed by atoms with Crippen molar-refractivity contribution in [1.82, 2.24) is 15.4 Å². The average Bonchev–Trinajstić information content (AvgIpc) is 2.81. The first-order valence-corrected chi connectivity index (χ1v) is 4.68. The van der Waals surface area contributed by atoms with Gasteiger partial charge in [0.15, 0.2) is 5.82 Å². The summed E-state index contributed by atoms with van der Waals surface area (Å²) in [5.74, 6) is 0.332. The molecule has 1 aromatic heterocycles. The lowest BCUT2D eigenvalue weighted by Crippen LogP contribution is -2.13. The molecule has 0 spiro atoms. The van der Waals surface area contributed by atoms with Gasteiger partial charge in [0.1, 0.15) is 6.61 Å². The zero-order chi connectivity index (χ0) is 11.2. The van der Waals surface area contributed by atoms with E-state index in [1.165, 1.54) is 6.20 Å². The summed E-state index contributed by atoms with van der Waals surface area (Å²) in [5.41, 5.74) is 0.929. The minimum Gasteiger partial charge on any atom is -0.444 e. The van der Waals surface area contributed by atoms with Crippen molar-refractivity contribution in [3.63, 3.8) is 0 Å². The topological polar surface area (TPSA) is 79.9 Å². The van der Waals surface area contributed by atoms with E-state index in [1.807, 2.05) is 30.3 Å². The predicted octanol–water partition coefficient (Wildman–Crippen LogP) is 1.55. The number of carbonyl (C=O) groups is 1. The molecule has 82 valence electrons. The molecule has 1 heterocycles. The number of aromatic nitrogens is 3. The molecule has 1 aromatic carbocycles. The second kappa shape index (κ2) is 4.92. The Morgan fingerprint density at radius 1 is 1.38 bits per heavy atom. The second-order valence-corrected chi connectivity index (χ2v) is 3.04. The molecule has 6 nitrogen and oxygen atoms in total.